The number of hydrogen-bond donors (Lipinski definition) is 2. The lowest BCUT2D eigenvalue weighted by atomic mass is 10.1. The van der Waals surface area contributed by atoms with E-state index in [-0.39, 0.29) is 5.91 Å². The van der Waals surface area contributed by atoms with Crippen LogP contribution in [-0.4, -0.2) is 26.2 Å². The number of rotatable bonds is 7. The Bertz CT molecular complexity index is 421. The Kier molecular flexibility index (Phi) is 6.15. The van der Waals surface area contributed by atoms with Crippen LogP contribution in [0.5, 0.6) is 11.5 Å². The fourth-order valence-corrected chi connectivity index (χ4v) is 1.78. The monoisotopic (exact) mass is 266 g/mol. The molecule has 3 N–H and O–H groups in total. The molecule has 0 radical (unpaired) electrons. The zero-order valence-corrected chi connectivity index (χ0v) is 11.7. The summed E-state index contributed by atoms with van der Waals surface area (Å²) in [5, 5.41) is 2.81. The van der Waals surface area contributed by atoms with Gasteiger partial charge in [0, 0.05) is 12.1 Å². The molecule has 0 saturated heterocycles. The molecular weight excluding hydrogens is 244 g/mol. The Balaban J connectivity index is 2.68. The molecule has 1 aromatic carbocycles. The largest absolute Gasteiger partial charge is 0.497 e. The third-order valence-electron chi connectivity index (χ3n) is 2.88. The standard InChI is InChI=1S/C14H22N2O3/c1-4-5-12(15)14(17)16-9-10-8-11(18-2)6-7-13(10)19-3/h6-8,12H,4-5,9,15H2,1-3H3,(H,16,17)/t12-/m0/s1. The highest BCUT2D eigenvalue weighted by Crippen LogP contribution is 2.23. The van der Waals surface area contributed by atoms with Crippen molar-refractivity contribution in [3.63, 3.8) is 0 Å². The molecule has 106 valence electrons. The lowest BCUT2D eigenvalue weighted by molar-refractivity contribution is -0.122. The molecule has 0 spiro atoms. The topological polar surface area (TPSA) is 73.6 Å². The van der Waals surface area contributed by atoms with Crippen LogP contribution in [0.25, 0.3) is 0 Å². The van der Waals surface area contributed by atoms with Crippen LogP contribution in [0.3, 0.4) is 0 Å². The molecule has 5 heteroatoms. The first-order valence-electron chi connectivity index (χ1n) is 6.36. The summed E-state index contributed by atoms with van der Waals surface area (Å²) >= 11 is 0. The van der Waals surface area contributed by atoms with Gasteiger partial charge < -0.3 is 20.5 Å². The van der Waals surface area contributed by atoms with Gasteiger partial charge in [-0.1, -0.05) is 13.3 Å². The second-order valence-corrected chi connectivity index (χ2v) is 4.29. The Morgan fingerprint density at radius 2 is 2.11 bits per heavy atom. The number of carbonyl (C=O) groups excluding carboxylic acids is 1. The molecule has 1 aromatic rings. The van der Waals surface area contributed by atoms with Gasteiger partial charge in [-0.2, -0.15) is 0 Å². The minimum Gasteiger partial charge on any atom is -0.497 e. The summed E-state index contributed by atoms with van der Waals surface area (Å²) in [4.78, 5) is 11.8. The smallest absolute Gasteiger partial charge is 0.237 e. The zero-order chi connectivity index (χ0) is 14.3. The molecule has 0 unspecified atom stereocenters. The molecule has 5 nitrogen and oxygen atoms in total. The number of hydrogen-bond acceptors (Lipinski definition) is 4. The van der Waals surface area contributed by atoms with Crippen LogP contribution in [0.1, 0.15) is 25.3 Å². The highest BCUT2D eigenvalue weighted by atomic mass is 16.5. The van der Waals surface area contributed by atoms with Crippen LogP contribution in [0.15, 0.2) is 18.2 Å². The van der Waals surface area contributed by atoms with Crippen molar-refractivity contribution < 1.29 is 14.3 Å². The van der Waals surface area contributed by atoms with Crippen LogP contribution in [0, 0.1) is 0 Å². The number of nitrogens with one attached hydrogen (secondary N) is 1. The van der Waals surface area contributed by atoms with Gasteiger partial charge in [0.1, 0.15) is 11.5 Å². The van der Waals surface area contributed by atoms with Gasteiger partial charge in [0.15, 0.2) is 0 Å². The SMILES string of the molecule is CCC[C@H](N)C(=O)NCc1cc(OC)ccc1OC. The number of nitrogens with two attached hydrogens (primary N) is 1. The van der Waals surface area contributed by atoms with Gasteiger partial charge in [-0.25, -0.2) is 0 Å². The van der Waals surface area contributed by atoms with Gasteiger partial charge in [0.05, 0.1) is 20.3 Å². The summed E-state index contributed by atoms with van der Waals surface area (Å²) in [7, 11) is 3.19. The quantitative estimate of drug-likeness (QED) is 0.783. The van der Waals surface area contributed by atoms with Gasteiger partial charge in [-0.15, -0.1) is 0 Å². The van der Waals surface area contributed by atoms with Crippen LogP contribution in [-0.2, 0) is 11.3 Å². The van der Waals surface area contributed by atoms with E-state index in [1.54, 1.807) is 14.2 Å². The number of carbonyl (C=O) groups is 1. The van der Waals surface area contributed by atoms with Crippen molar-refractivity contribution in [2.45, 2.75) is 32.4 Å². The first-order chi connectivity index (χ1) is 9.12. The van der Waals surface area contributed by atoms with E-state index in [1.165, 1.54) is 0 Å². The number of ether oxygens (including phenoxy) is 2. The lowest BCUT2D eigenvalue weighted by Crippen LogP contribution is -2.40. The van der Waals surface area contributed by atoms with Gasteiger partial charge in [0.25, 0.3) is 0 Å². The van der Waals surface area contributed by atoms with Crippen LogP contribution >= 0.6 is 0 Å². The maximum atomic E-state index is 11.8. The molecule has 0 aliphatic rings. The van der Waals surface area contributed by atoms with Crippen molar-refractivity contribution >= 4 is 5.91 Å². The van der Waals surface area contributed by atoms with E-state index < -0.39 is 6.04 Å². The van der Waals surface area contributed by atoms with E-state index in [0.717, 1.165) is 17.7 Å². The van der Waals surface area contributed by atoms with Crippen molar-refractivity contribution in [3.8, 4) is 11.5 Å². The van der Waals surface area contributed by atoms with Gasteiger partial charge in [-0.05, 0) is 24.6 Å². The minimum absolute atomic E-state index is 0.147. The first kappa shape index (κ1) is 15.3. The number of methoxy groups -OCH3 is 2. The molecular formula is C14H22N2O3. The van der Waals surface area contributed by atoms with Crippen molar-refractivity contribution in [3.05, 3.63) is 23.8 Å². The van der Waals surface area contributed by atoms with Crippen molar-refractivity contribution in [1.29, 1.82) is 0 Å². The average molecular weight is 266 g/mol. The van der Waals surface area contributed by atoms with E-state index in [9.17, 15) is 4.79 Å². The molecule has 0 aromatic heterocycles. The summed E-state index contributed by atoms with van der Waals surface area (Å²) in [6, 6.07) is 5.01. The summed E-state index contributed by atoms with van der Waals surface area (Å²) in [6.45, 7) is 2.37. The fourth-order valence-electron chi connectivity index (χ4n) is 1.78. The predicted octanol–water partition coefficient (Wildman–Crippen LogP) is 1.45. The average Bonchev–Trinajstić information content (AvgIpc) is 2.44. The fraction of sp³-hybridized carbons (Fsp3) is 0.500. The summed E-state index contributed by atoms with van der Waals surface area (Å²) in [6.07, 6.45) is 1.57. The Labute approximate surface area is 114 Å². The lowest BCUT2D eigenvalue weighted by Gasteiger charge is -2.14. The predicted molar refractivity (Wildman–Crippen MR) is 74.3 cm³/mol. The minimum atomic E-state index is -0.457. The molecule has 0 fully saturated rings. The van der Waals surface area contributed by atoms with Crippen molar-refractivity contribution in [2.24, 2.45) is 5.73 Å². The number of benzene rings is 1. The van der Waals surface area contributed by atoms with E-state index in [1.807, 2.05) is 25.1 Å². The maximum absolute atomic E-state index is 11.8. The second-order valence-electron chi connectivity index (χ2n) is 4.29. The molecule has 19 heavy (non-hydrogen) atoms. The summed E-state index contributed by atoms with van der Waals surface area (Å²) < 4.78 is 10.4. The van der Waals surface area contributed by atoms with E-state index in [4.69, 9.17) is 15.2 Å². The Hall–Kier alpha value is -1.75. The van der Waals surface area contributed by atoms with E-state index >= 15 is 0 Å². The number of amides is 1. The van der Waals surface area contributed by atoms with E-state index in [2.05, 4.69) is 5.32 Å². The molecule has 0 aliphatic heterocycles. The molecule has 0 saturated carbocycles. The molecule has 1 atom stereocenters. The van der Waals surface area contributed by atoms with Crippen LogP contribution in [0.4, 0.5) is 0 Å². The first-order valence-corrected chi connectivity index (χ1v) is 6.36. The molecule has 0 aliphatic carbocycles. The van der Waals surface area contributed by atoms with Gasteiger partial charge >= 0.3 is 0 Å². The van der Waals surface area contributed by atoms with Gasteiger partial charge in [-0.3, -0.25) is 4.79 Å². The molecule has 1 amide bonds. The molecule has 1 rings (SSSR count). The third kappa shape index (κ3) is 4.44. The highest BCUT2D eigenvalue weighted by molar-refractivity contribution is 5.81. The third-order valence-corrected chi connectivity index (χ3v) is 2.88. The van der Waals surface area contributed by atoms with Crippen molar-refractivity contribution in [1.82, 2.24) is 5.32 Å². The Morgan fingerprint density at radius 1 is 1.37 bits per heavy atom. The maximum Gasteiger partial charge on any atom is 0.237 e. The van der Waals surface area contributed by atoms with E-state index in [0.29, 0.717) is 18.7 Å². The van der Waals surface area contributed by atoms with Crippen LogP contribution < -0.4 is 20.5 Å². The molecule has 0 bridgehead atoms. The molecule has 0 heterocycles. The Morgan fingerprint density at radius 3 is 2.68 bits per heavy atom. The van der Waals surface area contributed by atoms with Crippen LogP contribution in [0.2, 0.25) is 0 Å². The highest BCUT2D eigenvalue weighted by Gasteiger charge is 2.13. The van der Waals surface area contributed by atoms with Crippen molar-refractivity contribution in [2.75, 3.05) is 14.2 Å². The second kappa shape index (κ2) is 7.63. The normalized spacial score (nSPS) is 11.8. The summed E-state index contributed by atoms with van der Waals surface area (Å²) in [5.74, 6) is 1.29. The zero-order valence-electron chi connectivity index (χ0n) is 11.7. The summed E-state index contributed by atoms with van der Waals surface area (Å²) in [5.41, 5.74) is 6.61. The van der Waals surface area contributed by atoms with Gasteiger partial charge in [0.2, 0.25) is 5.91 Å².